The molecule has 0 heterocycles. The molecule has 1 N–H and O–H groups in total. The summed E-state index contributed by atoms with van der Waals surface area (Å²) in [5.74, 6) is -2.12. The molecule has 0 aromatic heterocycles. The van der Waals surface area contributed by atoms with Gasteiger partial charge in [-0.25, -0.2) is 4.79 Å². The van der Waals surface area contributed by atoms with Crippen molar-refractivity contribution in [3.8, 4) is 0 Å². The van der Waals surface area contributed by atoms with Crippen LogP contribution in [-0.4, -0.2) is 17.0 Å². The van der Waals surface area contributed by atoms with Gasteiger partial charge in [0.1, 0.15) is 6.10 Å². The van der Waals surface area contributed by atoms with Crippen LogP contribution in [0.15, 0.2) is 36.4 Å². The average Bonchev–Trinajstić information content (AvgIpc) is 2.36. The Bertz CT molecular complexity index is 546. The first kappa shape index (κ1) is 16.7. The van der Waals surface area contributed by atoms with Crippen molar-refractivity contribution in [2.75, 3.05) is 0 Å². The molecule has 0 fully saturated rings. The van der Waals surface area contributed by atoms with Crippen LogP contribution in [0.1, 0.15) is 30.6 Å². The number of aliphatic carboxylic acids is 1. The van der Waals surface area contributed by atoms with Crippen LogP contribution >= 0.6 is 0 Å². The van der Waals surface area contributed by atoms with Gasteiger partial charge in [-0.3, -0.25) is 4.79 Å². The van der Waals surface area contributed by atoms with Gasteiger partial charge in [0.15, 0.2) is 0 Å². The first-order valence-corrected chi connectivity index (χ1v) is 5.89. The summed E-state index contributed by atoms with van der Waals surface area (Å²) in [5, 5.41) is 8.52. The van der Waals surface area contributed by atoms with Gasteiger partial charge in [-0.1, -0.05) is 18.7 Å². The van der Waals surface area contributed by atoms with Crippen molar-refractivity contribution < 1.29 is 32.6 Å². The molecule has 1 atom stereocenters. The first-order chi connectivity index (χ1) is 9.61. The van der Waals surface area contributed by atoms with Crippen molar-refractivity contribution in [1.29, 1.82) is 0 Å². The van der Waals surface area contributed by atoms with Gasteiger partial charge in [0.2, 0.25) is 0 Å². The maximum absolute atomic E-state index is 12.4. The molecule has 0 unspecified atom stereocenters. The summed E-state index contributed by atoms with van der Waals surface area (Å²) in [6.07, 6.45) is -5.81. The molecule has 0 saturated heterocycles. The molecule has 1 aromatic carbocycles. The molecular weight excluding hydrogens is 289 g/mol. The Kier molecular flexibility index (Phi) is 5.12. The number of halogens is 3. The van der Waals surface area contributed by atoms with Crippen molar-refractivity contribution in [2.45, 2.75) is 25.6 Å². The number of carbonyl (C=O) groups excluding carboxylic acids is 1. The number of hydrogen-bond acceptors (Lipinski definition) is 3. The molecule has 0 aliphatic rings. The van der Waals surface area contributed by atoms with E-state index < -0.39 is 36.2 Å². The van der Waals surface area contributed by atoms with E-state index >= 15 is 0 Å². The van der Waals surface area contributed by atoms with Gasteiger partial charge in [0, 0.05) is 5.57 Å². The van der Waals surface area contributed by atoms with Crippen LogP contribution in [0.5, 0.6) is 0 Å². The van der Waals surface area contributed by atoms with Crippen LogP contribution in [0.4, 0.5) is 13.2 Å². The first-order valence-electron chi connectivity index (χ1n) is 5.89. The standard InChI is InChI=1S/C14H13F3O4/c1-8(7-12(18)19)13(20)21-9(2)10-3-5-11(6-4-10)14(15,16)17/h3-6,9H,1,7H2,2H3,(H,18,19)/t9-/m0/s1. The highest BCUT2D eigenvalue weighted by Crippen LogP contribution is 2.30. The van der Waals surface area contributed by atoms with Gasteiger partial charge in [-0.05, 0) is 24.6 Å². The number of carbonyl (C=O) groups is 2. The van der Waals surface area contributed by atoms with E-state index in [0.29, 0.717) is 5.56 Å². The normalized spacial score (nSPS) is 12.6. The zero-order valence-electron chi connectivity index (χ0n) is 11.1. The SMILES string of the molecule is C=C(CC(=O)O)C(=O)O[C@@H](C)c1ccc(C(F)(F)F)cc1. The summed E-state index contributed by atoms with van der Waals surface area (Å²) in [4.78, 5) is 21.9. The quantitative estimate of drug-likeness (QED) is 0.669. The Morgan fingerprint density at radius 1 is 1.29 bits per heavy atom. The number of esters is 1. The van der Waals surface area contributed by atoms with Crippen LogP contribution in [-0.2, 0) is 20.5 Å². The molecule has 0 aliphatic heterocycles. The van der Waals surface area contributed by atoms with Gasteiger partial charge in [0.05, 0.1) is 12.0 Å². The summed E-state index contributed by atoms with van der Waals surface area (Å²) in [7, 11) is 0. The highest BCUT2D eigenvalue weighted by molar-refractivity contribution is 5.92. The molecule has 1 aromatic rings. The van der Waals surface area contributed by atoms with E-state index in [1.165, 1.54) is 19.1 Å². The van der Waals surface area contributed by atoms with E-state index in [4.69, 9.17) is 9.84 Å². The van der Waals surface area contributed by atoms with Gasteiger partial charge >= 0.3 is 18.1 Å². The Balaban J connectivity index is 2.72. The zero-order valence-corrected chi connectivity index (χ0v) is 11.1. The molecule has 114 valence electrons. The molecule has 0 radical (unpaired) electrons. The van der Waals surface area contributed by atoms with Crippen LogP contribution in [0.2, 0.25) is 0 Å². The van der Waals surface area contributed by atoms with Crippen LogP contribution in [0, 0.1) is 0 Å². The Labute approximate surface area is 118 Å². The highest BCUT2D eigenvalue weighted by Gasteiger charge is 2.30. The van der Waals surface area contributed by atoms with Gasteiger partial charge in [-0.2, -0.15) is 13.2 Å². The molecule has 0 saturated carbocycles. The number of carboxylic acid groups (broad SMARTS) is 1. The van der Waals surface area contributed by atoms with Crippen LogP contribution in [0.25, 0.3) is 0 Å². The third kappa shape index (κ3) is 4.94. The topological polar surface area (TPSA) is 63.6 Å². The third-order valence-corrected chi connectivity index (χ3v) is 2.64. The number of hydrogen-bond donors (Lipinski definition) is 1. The lowest BCUT2D eigenvalue weighted by Gasteiger charge is -2.15. The number of rotatable bonds is 5. The maximum Gasteiger partial charge on any atom is 0.416 e. The Morgan fingerprint density at radius 3 is 2.24 bits per heavy atom. The second-order valence-corrected chi connectivity index (χ2v) is 4.34. The number of ether oxygens (including phenoxy) is 1. The molecule has 0 bridgehead atoms. The molecule has 1 rings (SSSR count). The predicted octanol–water partition coefficient (Wildman–Crippen LogP) is 3.34. The van der Waals surface area contributed by atoms with Crippen LogP contribution in [0.3, 0.4) is 0 Å². The minimum absolute atomic E-state index is 0.235. The summed E-state index contributed by atoms with van der Waals surface area (Å²) in [6.45, 7) is 4.75. The lowest BCUT2D eigenvalue weighted by molar-refractivity contribution is -0.146. The van der Waals surface area contributed by atoms with Gasteiger partial charge in [0.25, 0.3) is 0 Å². The number of benzene rings is 1. The Morgan fingerprint density at radius 2 is 1.81 bits per heavy atom. The van der Waals surface area contributed by atoms with Crippen molar-refractivity contribution in [3.63, 3.8) is 0 Å². The smallest absolute Gasteiger partial charge is 0.416 e. The number of alkyl halides is 3. The fourth-order valence-corrected chi connectivity index (χ4v) is 1.51. The van der Waals surface area contributed by atoms with E-state index in [1.54, 1.807) is 0 Å². The summed E-state index contributed by atoms with van der Waals surface area (Å²) in [5.41, 5.74) is -0.680. The molecule has 0 aliphatic carbocycles. The largest absolute Gasteiger partial charge is 0.481 e. The molecule has 0 spiro atoms. The molecule has 21 heavy (non-hydrogen) atoms. The molecule has 0 amide bonds. The van der Waals surface area contributed by atoms with Crippen molar-refractivity contribution in [2.24, 2.45) is 0 Å². The lowest BCUT2D eigenvalue weighted by Crippen LogP contribution is -2.13. The average molecular weight is 302 g/mol. The Hall–Kier alpha value is -2.31. The minimum atomic E-state index is -4.44. The highest BCUT2D eigenvalue weighted by atomic mass is 19.4. The zero-order chi connectivity index (χ0) is 16.2. The van der Waals surface area contributed by atoms with Crippen molar-refractivity contribution in [1.82, 2.24) is 0 Å². The van der Waals surface area contributed by atoms with Crippen molar-refractivity contribution >= 4 is 11.9 Å². The predicted molar refractivity (Wildman–Crippen MR) is 67.3 cm³/mol. The monoisotopic (exact) mass is 302 g/mol. The molecule has 4 nitrogen and oxygen atoms in total. The van der Waals surface area contributed by atoms with E-state index in [9.17, 15) is 22.8 Å². The molecular formula is C14H13F3O4. The fraction of sp³-hybridized carbons (Fsp3) is 0.286. The number of carboxylic acids is 1. The van der Waals surface area contributed by atoms with E-state index in [0.717, 1.165) is 12.1 Å². The van der Waals surface area contributed by atoms with E-state index in [-0.39, 0.29) is 5.57 Å². The second-order valence-electron chi connectivity index (χ2n) is 4.34. The minimum Gasteiger partial charge on any atom is -0.481 e. The fourth-order valence-electron chi connectivity index (χ4n) is 1.51. The van der Waals surface area contributed by atoms with Gasteiger partial charge in [-0.15, -0.1) is 0 Å². The lowest BCUT2D eigenvalue weighted by atomic mass is 10.1. The van der Waals surface area contributed by atoms with Crippen LogP contribution < -0.4 is 0 Å². The summed E-state index contributed by atoms with van der Waals surface area (Å²) < 4.78 is 42.2. The third-order valence-electron chi connectivity index (χ3n) is 2.64. The van der Waals surface area contributed by atoms with E-state index in [2.05, 4.69) is 6.58 Å². The second kappa shape index (κ2) is 6.43. The summed E-state index contributed by atoms with van der Waals surface area (Å²) >= 11 is 0. The summed E-state index contributed by atoms with van der Waals surface area (Å²) in [6, 6.07) is 4.15. The maximum atomic E-state index is 12.4. The van der Waals surface area contributed by atoms with Gasteiger partial charge < -0.3 is 9.84 Å². The van der Waals surface area contributed by atoms with E-state index in [1.807, 2.05) is 0 Å². The van der Waals surface area contributed by atoms with Crippen molar-refractivity contribution in [3.05, 3.63) is 47.5 Å². The molecule has 7 heteroatoms.